The molecule has 1 aromatic carbocycles. The van der Waals surface area contributed by atoms with Crippen LogP contribution in [0.25, 0.3) is 11.1 Å². The molecule has 3 heteroatoms. The second kappa shape index (κ2) is 5.57. The highest BCUT2D eigenvalue weighted by Crippen LogP contribution is 2.30. The SMILES string of the molecule is CNCCc1nn(C)cc1-c1c(C)cc(C)cc1C. The number of benzene rings is 1. The van der Waals surface area contributed by atoms with Gasteiger partial charge in [-0.1, -0.05) is 17.7 Å². The summed E-state index contributed by atoms with van der Waals surface area (Å²) in [6.07, 6.45) is 3.09. The van der Waals surface area contributed by atoms with Gasteiger partial charge in [-0.05, 0) is 44.5 Å². The molecular weight excluding hydrogens is 234 g/mol. The van der Waals surface area contributed by atoms with Gasteiger partial charge in [-0.25, -0.2) is 0 Å². The van der Waals surface area contributed by atoms with Gasteiger partial charge in [0.2, 0.25) is 0 Å². The number of rotatable bonds is 4. The first-order valence-electron chi connectivity index (χ1n) is 6.78. The molecule has 0 radical (unpaired) electrons. The Labute approximate surface area is 115 Å². The van der Waals surface area contributed by atoms with Crippen LogP contribution in [0, 0.1) is 20.8 Å². The lowest BCUT2D eigenvalue weighted by atomic mass is 9.93. The molecular formula is C16H23N3. The van der Waals surface area contributed by atoms with Crippen LogP contribution in [-0.4, -0.2) is 23.4 Å². The van der Waals surface area contributed by atoms with Gasteiger partial charge < -0.3 is 5.32 Å². The van der Waals surface area contributed by atoms with E-state index in [2.05, 4.69) is 49.5 Å². The molecule has 0 fully saturated rings. The van der Waals surface area contributed by atoms with Crippen LogP contribution in [0.1, 0.15) is 22.4 Å². The highest BCUT2D eigenvalue weighted by molar-refractivity contribution is 5.72. The van der Waals surface area contributed by atoms with E-state index < -0.39 is 0 Å². The fourth-order valence-electron chi connectivity index (χ4n) is 2.78. The van der Waals surface area contributed by atoms with Gasteiger partial charge in [0.1, 0.15) is 0 Å². The van der Waals surface area contributed by atoms with Gasteiger partial charge in [0.25, 0.3) is 0 Å². The quantitative estimate of drug-likeness (QED) is 0.912. The molecule has 3 nitrogen and oxygen atoms in total. The van der Waals surface area contributed by atoms with Gasteiger partial charge in [-0.3, -0.25) is 4.68 Å². The van der Waals surface area contributed by atoms with E-state index >= 15 is 0 Å². The molecule has 0 unspecified atom stereocenters. The van der Waals surface area contributed by atoms with Crippen LogP contribution in [0.3, 0.4) is 0 Å². The van der Waals surface area contributed by atoms with Crippen LogP contribution in [-0.2, 0) is 13.5 Å². The second-order valence-corrected chi connectivity index (χ2v) is 5.29. The summed E-state index contributed by atoms with van der Waals surface area (Å²) in [7, 11) is 3.97. The molecule has 0 atom stereocenters. The number of nitrogens with one attached hydrogen (secondary N) is 1. The maximum atomic E-state index is 4.61. The molecule has 1 heterocycles. The molecule has 0 saturated carbocycles. The minimum absolute atomic E-state index is 0.952. The van der Waals surface area contributed by atoms with Gasteiger partial charge >= 0.3 is 0 Å². The summed E-state index contributed by atoms with van der Waals surface area (Å²) in [4.78, 5) is 0. The lowest BCUT2D eigenvalue weighted by Crippen LogP contribution is -2.11. The molecule has 0 aliphatic rings. The average molecular weight is 257 g/mol. The van der Waals surface area contributed by atoms with Crippen LogP contribution in [0.15, 0.2) is 18.3 Å². The van der Waals surface area contributed by atoms with E-state index in [1.807, 2.05) is 18.8 Å². The minimum Gasteiger partial charge on any atom is -0.319 e. The zero-order valence-electron chi connectivity index (χ0n) is 12.5. The first-order chi connectivity index (χ1) is 9.02. The van der Waals surface area contributed by atoms with Gasteiger partial charge in [0.15, 0.2) is 0 Å². The summed E-state index contributed by atoms with van der Waals surface area (Å²) in [5.74, 6) is 0. The molecule has 1 aromatic heterocycles. The topological polar surface area (TPSA) is 29.9 Å². The Morgan fingerprint density at radius 1 is 1.16 bits per heavy atom. The van der Waals surface area contributed by atoms with Crippen molar-refractivity contribution in [3.8, 4) is 11.1 Å². The Bertz CT molecular complexity index is 559. The predicted molar refractivity (Wildman–Crippen MR) is 80.5 cm³/mol. The fourth-order valence-corrected chi connectivity index (χ4v) is 2.78. The van der Waals surface area contributed by atoms with Crippen molar-refractivity contribution >= 4 is 0 Å². The summed E-state index contributed by atoms with van der Waals surface area (Å²) in [6, 6.07) is 4.49. The van der Waals surface area contributed by atoms with E-state index in [9.17, 15) is 0 Å². The molecule has 0 bridgehead atoms. The maximum absolute atomic E-state index is 4.61. The zero-order chi connectivity index (χ0) is 14.0. The Hall–Kier alpha value is -1.61. The lowest BCUT2D eigenvalue weighted by molar-refractivity contribution is 0.717. The third-order valence-electron chi connectivity index (χ3n) is 3.46. The summed E-state index contributed by atoms with van der Waals surface area (Å²) < 4.78 is 1.92. The van der Waals surface area contributed by atoms with E-state index in [-0.39, 0.29) is 0 Å². The van der Waals surface area contributed by atoms with Crippen LogP contribution < -0.4 is 5.32 Å². The molecule has 0 spiro atoms. The first kappa shape index (κ1) is 13.8. The van der Waals surface area contributed by atoms with Crippen LogP contribution in [0.4, 0.5) is 0 Å². The molecule has 0 amide bonds. The number of aromatic nitrogens is 2. The van der Waals surface area contributed by atoms with Crippen LogP contribution >= 0.6 is 0 Å². The summed E-state index contributed by atoms with van der Waals surface area (Å²) in [6.45, 7) is 7.47. The van der Waals surface area contributed by atoms with E-state index in [1.54, 1.807) is 0 Å². The van der Waals surface area contributed by atoms with Crippen molar-refractivity contribution in [2.24, 2.45) is 7.05 Å². The Balaban J connectivity index is 2.52. The second-order valence-electron chi connectivity index (χ2n) is 5.29. The van der Waals surface area contributed by atoms with Crippen molar-refractivity contribution < 1.29 is 0 Å². The van der Waals surface area contributed by atoms with Crippen molar-refractivity contribution in [2.45, 2.75) is 27.2 Å². The smallest absolute Gasteiger partial charge is 0.0715 e. The molecule has 2 aromatic rings. The Morgan fingerprint density at radius 3 is 2.37 bits per heavy atom. The molecule has 0 aliphatic carbocycles. The van der Waals surface area contributed by atoms with Crippen molar-refractivity contribution in [1.82, 2.24) is 15.1 Å². The van der Waals surface area contributed by atoms with Crippen molar-refractivity contribution in [3.63, 3.8) is 0 Å². The largest absolute Gasteiger partial charge is 0.319 e. The molecule has 0 saturated heterocycles. The number of nitrogens with zero attached hydrogens (tertiary/aromatic N) is 2. The zero-order valence-corrected chi connectivity index (χ0v) is 12.5. The molecule has 2 rings (SSSR count). The normalized spacial score (nSPS) is 11.0. The van der Waals surface area contributed by atoms with Gasteiger partial charge in [0, 0.05) is 31.8 Å². The standard InChI is InChI=1S/C16H23N3/c1-11-8-12(2)16(13(3)9-11)14-10-19(5)18-15(14)6-7-17-4/h8-10,17H,6-7H2,1-5H3. The number of aryl methyl sites for hydroxylation is 4. The number of likely N-dealkylation sites (N-methyl/N-ethyl adjacent to an activating group) is 1. The summed E-state index contributed by atoms with van der Waals surface area (Å²) in [5.41, 5.74) is 7.76. The van der Waals surface area contributed by atoms with Gasteiger partial charge in [0.05, 0.1) is 5.69 Å². The molecule has 1 N–H and O–H groups in total. The average Bonchev–Trinajstić information content (AvgIpc) is 2.66. The summed E-state index contributed by atoms with van der Waals surface area (Å²) >= 11 is 0. The molecule has 19 heavy (non-hydrogen) atoms. The third-order valence-corrected chi connectivity index (χ3v) is 3.46. The number of hydrogen-bond acceptors (Lipinski definition) is 2. The summed E-state index contributed by atoms with van der Waals surface area (Å²) in [5, 5.41) is 7.80. The van der Waals surface area contributed by atoms with Crippen molar-refractivity contribution in [2.75, 3.05) is 13.6 Å². The first-order valence-corrected chi connectivity index (χ1v) is 6.78. The minimum atomic E-state index is 0.952. The van der Waals surface area contributed by atoms with Crippen LogP contribution in [0.2, 0.25) is 0 Å². The highest BCUT2D eigenvalue weighted by atomic mass is 15.3. The van der Waals surface area contributed by atoms with Crippen molar-refractivity contribution in [3.05, 3.63) is 40.7 Å². The van der Waals surface area contributed by atoms with E-state index in [0.717, 1.165) is 13.0 Å². The van der Waals surface area contributed by atoms with Gasteiger partial charge in [-0.2, -0.15) is 5.10 Å². The lowest BCUT2D eigenvalue weighted by Gasteiger charge is -2.11. The van der Waals surface area contributed by atoms with E-state index in [4.69, 9.17) is 0 Å². The number of hydrogen-bond donors (Lipinski definition) is 1. The monoisotopic (exact) mass is 257 g/mol. The Morgan fingerprint density at radius 2 is 1.79 bits per heavy atom. The molecule has 102 valence electrons. The van der Waals surface area contributed by atoms with E-state index in [0.29, 0.717) is 0 Å². The highest BCUT2D eigenvalue weighted by Gasteiger charge is 2.14. The molecule has 0 aliphatic heterocycles. The van der Waals surface area contributed by atoms with Crippen molar-refractivity contribution in [1.29, 1.82) is 0 Å². The van der Waals surface area contributed by atoms with Gasteiger partial charge in [-0.15, -0.1) is 0 Å². The van der Waals surface area contributed by atoms with Crippen LogP contribution in [0.5, 0.6) is 0 Å². The maximum Gasteiger partial charge on any atom is 0.0715 e. The van der Waals surface area contributed by atoms with E-state index in [1.165, 1.54) is 33.5 Å². The fraction of sp³-hybridized carbons (Fsp3) is 0.438. The predicted octanol–water partition coefficient (Wildman–Crippen LogP) is 2.77. The third kappa shape index (κ3) is 2.87. The Kier molecular flexibility index (Phi) is 4.05.